The number of aromatic nitrogens is 1. The highest BCUT2D eigenvalue weighted by molar-refractivity contribution is 9.10. The highest BCUT2D eigenvalue weighted by atomic mass is 79.9. The molecule has 1 heterocycles. The van der Waals surface area contributed by atoms with Gasteiger partial charge in [-0.3, -0.25) is 4.98 Å². The summed E-state index contributed by atoms with van der Waals surface area (Å²) in [6.45, 7) is 6.70. The van der Waals surface area contributed by atoms with Crippen LogP contribution >= 0.6 is 15.9 Å². The van der Waals surface area contributed by atoms with Gasteiger partial charge in [-0.15, -0.1) is 0 Å². The molecule has 134 valence electrons. The summed E-state index contributed by atoms with van der Waals surface area (Å²) in [5.41, 5.74) is 2.37. The zero-order chi connectivity index (χ0) is 18.3. The van der Waals surface area contributed by atoms with Crippen molar-refractivity contribution >= 4 is 21.6 Å². The van der Waals surface area contributed by atoms with Crippen LogP contribution in [0.1, 0.15) is 31.9 Å². The SMILES string of the molecule is CC(C)(C)NCC(O)CON=C(c1ccccc1)c1cncc(Br)c1. The summed E-state index contributed by atoms with van der Waals surface area (Å²) < 4.78 is 0.864. The Morgan fingerprint density at radius 1 is 1.24 bits per heavy atom. The predicted molar refractivity (Wildman–Crippen MR) is 104 cm³/mol. The van der Waals surface area contributed by atoms with E-state index in [0.717, 1.165) is 15.6 Å². The van der Waals surface area contributed by atoms with Crippen molar-refractivity contribution in [3.05, 3.63) is 64.4 Å². The number of β-amino-alcohol motifs (C(OH)–C–C–N with tert-alkyl or cyclic N) is 1. The fraction of sp³-hybridized carbons (Fsp3) is 0.368. The zero-order valence-corrected chi connectivity index (χ0v) is 16.3. The molecule has 6 heteroatoms. The molecule has 5 nitrogen and oxygen atoms in total. The molecule has 1 atom stereocenters. The number of nitrogens with zero attached hydrogens (tertiary/aromatic N) is 2. The van der Waals surface area contributed by atoms with Gasteiger partial charge in [-0.1, -0.05) is 35.5 Å². The highest BCUT2D eigenvalue weighted by Gasteiger charge is 2.13. The molecule has 0 fully saturated rings. The van der Waals surface area contributed by atoms with Crippen LogP contribution in [-0.2, 0) is 4.84 Å². The Balaban J connectivity index is 2.10. The Labute approximate surface area is 157 Å². The van der Waals surface area contributed by atoms with Gasteiger partial charge in [0, 0.05) is 40.1 Å². The topological polar surface area (TPSA) is 66.7 Å². The summed E-state index contributed by atoms with van der Waals surface area (Å²) in [4.78, 5) is 9.61. The summed E-state index contributed by atoms with van der Waals surface area (Å²) in [6, 6.07) is 11.7. The van der Waals surface area contributed by atoms with E-state index in [1.165, 1.54) is 0 Å². The summed E-state index contributed by atoms with van der Waals surface area (Å²) >= 11 is 3.43. The number of aliphatic hydroxyl groups is 1. The van der Waals surface area contributed by atoms with E-state index in [1.807, 2.05) is 57.2 Å². The molecule has 0 aliphatic heterocycles. The minimum atomic E-state index is -0.638. The van der Waals surface area contributed by atoms with Crippen molar-refractivity contribution in [1.82, 2.24) is 10.3 Å². The van der Waals surface area contributed by atoms with Gasteiger partial charge in [0.2, 0.25) is 0 Å². The lowest BCUT2D eigenvalue weighted by atomic mass is 10.0. The van der Waals surface area contributed by atoms with Crippen molar-refractivity contribution in [3.8, 4) is 0 Å². The van der Waals surface area contributed by atoms with E-state index in [1.54, 1.807) is 12.4 Å². The van der Waals surface area contributed by atoms with E-state index in [9.17, 15) is 5.11 Å². The summed E-state index contributed by atoms with van der Waals surface area (Å²) in [5, 5.41) is 17.5. The number of rotatable bonds is 7. The van der Waals surface area contributed by atoms with E-state index in [4.69, 9.17) is 4.84 Å². The molecule has 2 rings (SSSR count). The van der Waals surface area contributed by atoms with E-state index in [2.05, 4.69) is 31.4 Å². The quantitative estimate of drug-likeness (QED) is 0.547. The smallest absolute Gasteiger partial charge is 0.144 e. The maximum absolute atomic E-state index is 10.0. The Kier molecular flexibility index (Phi) is 7.11. The molecule has 0 bridgehead atoms. The molecule has 0 saturated carbocycles. The van der Waals surface area contributed by atoms with Gasteiger partial charge in [0.15, 0.2) is 0 Å². The number of hydrogen-bond donors (Lipinski definition) is 2. The minimum Gasteiger partial charge on any atom is -0.392 e. The normalized spacial score (nSPS) is 13.6. The van der Waals surface area contributed by atoms with Crippen LogP contribution in [0.3, 0.4) is 0 Å². The Morgan fingerprint density at radius 3 is 2.60 bits per heavy atom. The molecule has 0 spiro atoms. The van der Waals surface area contributed by atoms with Crippen LogP contribution in [-0.4, -0.2) is 40.6 Å². The van der Waals surface area contributed by atoms with Gasteiger partial charge < -0.3 is 15.3 Å². The second-order valence-electron chi connectivity index (χ2n) is 6.78. The van der Waals surface area contributed by atoms with Gasteiger partial charge in [0.05, 0.1) is 0 Å². The second kappa shape index (κ2) is 9.08. The molecule has 0 aliphatic carbocycles. The first-order valence-corrected chi connectivity index (χ1v) is 8.94. The monoisotopic (exact) mass is 405 g/mol. The van der Waals surface area contributed by atoms with Crippen molar-refractivity contribution in [3.63, 3.8) is 0 Å². The van der Waals surface area contributed by atoms with Gasteiger partial charge in [-0.25, -0.2) is 0 Å². The third-order valence-corrected chi connectivity index (χ3v) is 3.75. The van der Waals surface area contributed by atoms with Gasteiger partial charge in [-0.05, 0) is 42.8 Å². The lowest BCUT2D eigenvalue weighted by molar-refractivity contribution is 0.0374. The summed E-state index contributed by atoms with van der Waals surface area (Å²) in [5.74, 6) is 0. The van der Waals surface area contributed by atoms with Gasteiger partial charge in [0.25, 0.3) is 0 Å². The van der Waals surface area contributed by atoms with E-state index in [0.29, 0.717) is 12.3 Å². The third-order valence-electron chi connectivity index (χ3n) is 3.32. The van der Waals surface area contributed by atoms with E-state index in [-0.39, 0.29) is 12.1 Å². The molecule has 25 heavy (non-hydrogen) atoms. The Bertz CT molecular complexity index is 699. The Morgan fingerprint density at radius 2 is 1.96 bits per heavy atom. The van der Waals surface area contributed by atoms with Crippen LogP contribution in [0.4, 0.5) is 0 Å². The molecule has 0 saturated heterocycles. The summed E-state index contributed by atoms with van der Waals surface area (Å²) in [7, 11) is 0. The van der Waals surface area contributed by atoms with Crippen LogP contribution in [0.15, 0.2) is 58.4 Å². The molecule has 2 aromatic rings. The molecular formula is C19H24BrN3O2. The molecule has 1 unspecified atom stereocenters. The van der Waals surface area contributed by atoms with E-state index < -0.39 is 6.10 Å². The number of hydrogen-bond acceptors (Lipinski definition) is 5. The molecule has 1 aromatic carbocycles. The summed E-state index contributed by atoms with van der Waals surface area (Å²) in [6.07, 6.45) is 2.81. The number of benzene rings is 1. The first kappa shape index (κ1) is 19.6. The molecular weight excluding hydrogens is 382 g/mol. The second-order valence-corrected chi connectivity index (χ2v) is 7.69. The van der Waals surface area contributed by atoms with Crippen LogP contribution in [0.2, 0.25) is 0 Å². The van der Waals surface area contributed by atoms with Crippen molar-refractivity contribution in [2.45, 2.75) is 32.4 Å². The molecule has 2 N–H and O–H groups in total. The van der Waals surface area contributed by atoms with Crippen molar-refractivity contribution in [2.75, 3.05) is 13.2 Å². The maximum atomic E-state index is 10.0. The maximum Gasteiger partial charge on any atom is 0.144 e. The van der Waals surface area contributed by atoms with Crippen LogP contribution in [0, 0.1) is 0 Å². The van der Waals surface area contributed by atoms with Crippen molar-refractivity contribution < 1.29 is 9.94 Å². The van der Waals surface area contributed by atoms with Gasteiger partial charge in [-0.2, -0.15) is 0 Å². The highest BCUT2D eigenvalue weighted by Crippen LogP contribution is 2.15. The predicted octanol–water partition coefficient (Wildman–Crippen LogP) is 3.36. The fourth-order valence-electron chi connectivity index (χ4n) is 2.08. The van der Waals surface area contributed by atoms with E-state index >= 15 is 0 Å². The molecule has 0 aliphatic rings. The van der Waals surface area contributed by atoms with Gasteiger partial charge in [0.1, 0.15) is 18.4 Å². The van der Waals surface area contributed by atoms with Crippen LogP contribution < -0.4 is 5.32 Å². The van der Waals surface area contributed by atoms with Crippen molar-refractivity contribution in [2.24, 2.45) is 5.16 Å². The number of aliphatic hydroxyl groups excluding tert-OH is 1. The first-order chi connectivity index (χ1) is 11.8. The zero-order valence-electron chi connectivity index (χ0n) is 14.7. The largest absolute Gasteiger partial charge is 0.392 e. The number of nitrogens with one attached hydrogen (secondary N) is 1. The molecule has 1 aromatic heterocycles. The number of oxime groups is 1. The average molecular weight is 406 g/mol. The molecule has 0 radical (unpaired) electrons. The first-order valence-electron chi connectivity index (χ1n) is 8.14. The number of pyridine rings is 1. The molecule has 0 amide bonds. The van der Waals surface area contributed by atoms with Crippen molar-refractivity contribution in [1.29, 1.82) is 0 Å². The van der Waals surface area contributed by atoms with Crippen LogP contribution in [0.5, 0.6) is 0 Å². The standard InChI is InChI=1S/C19H24BrN3O2/c1-19(2,3)22-12-17(24)13-25-23-18(14-7-5-4-6-8-14)15-9-16(20)11-21-10-15/h4-11,17,22,24H,12-13H2,1-3H3. The van der Waals surface area contributed by atoms with Gasteiger partial charge >= 0.3 is 0 Å². The third kappa shape index (κ3) is 6.94. The average Bonchev–Trinajstić information content (AvgIpc) is 2.57. The lowest BCUT2D eigenvalue weighted by Gasteiger charge is -2.22. The minimum absolute atomic E-state index is 0.0541. The Hall–Kier alpha value is -1.76. The lowest BCUT2D eigenvalue weighted by Crippen LogP contribution is -2.42. The number of halogens is 1. The fourth-order valence-corrected chi connectivity index (χ4v) is 2.45. The van der Waals surface area contributed by atoms with Crippen LogP contribution in [0.25, 0.3) is 0 Å².